The van der Waals surface area contributed by atoms with Gasteiger partial charge < -0.3 is 20.7 Å². The molecule has 0 radical (unpaired) electrons. The van der Waals surface area contributed by atoms with Crippen LogP contribution in [0.2, 0.25) is 0 Å². The average molecular weight is 492 g/mol. The number of fused-ring (bicyclic) bond motifs is 1. The topological polar surface area (TPSA) is 88.2 Å². The molecule has 176 valence electrons. The Hall–Kier alpha value is -2.49. The molecule has 3 N–H and O–H groups in total. The largest absolute Gasteiger partial charge is 0.487 e. The molecule has 1 amide bonds. The molecule has 0 spiro atoms. The Kier molecular flexibility index (Phi) is 7.02. The summed E-state index contributed by atoms with van der Waals surface area (Å²) in [7, 11) is 0. The van der Waals surface area contributed by atoms with Crippen molar-refractivity contribution in [2.24, 2.45) is 0 Å². The Morgan fingerprint density at radius 1 is 1.39 bits per heavy atom. The van der Waals surface area contributed by atoms with Gasteiger partial charge in [0.25, 0.3) is 5.91 Å². The third-order valence-corrected chi connectivity index (χ3v) is 6.68. The van der Waals surface area contributed by atoms with Gasteiger partial charge in [0, 0.05) is 19.2 Å². The second kappa shape index (κ2) is 9.79. The molecule has 2 aromatic heterocycles. The van der Waals surface area contributed by atoms with Crippen molar-refractivity contribution >= 4 is 50.6 Å². The predicted molar refractivity (Wildman–Crippen MR) is 131 cm³/mol. The van der Waals surface area contributed by atoms with Crippen LogP contribution in [0.25, 0.3) is 10.2 Å². The monoisotopic (exact) mass is 491 g/mol. The van der Waals surface area contributed by atoms with Gasteiger partial charge in [-0.15, -0.1) is 22.9 Å². The Morgan fingerprint density at radius 2 is 2.21 bits per heavy atom. The van der Waals surface area contributed by atoms with Crippen molar-refractivity contribution in [3.05, 3.63) is 40.8 Å². The lowest BCUT2D eigenvalue weighted by molar-refractivity contribution is 0.0954. The minimum atomic E-state index is -0.542. The number of nitrogens with one attached hydrogen (secondary N) is 3. The van der Waals surface area contributed by atoms with Gasteiger partial charge in [-0.25, -0.2) is 14.4 Å². The Morgan fingerprint density at radius 3 is 2.94 bits per heavy atom. The van der Waals surface area contributed by atoms with Crippen molar-refractivity contribution < 1.29 is 13.9 Å². The lowest BCUT2D eigenvalue weighted by atomic mass is 10.1. The Labute approximate surface area is 201 Å². The molecule has 1 aliphatic heterocycles. The van der Waals surface area contributed by atoms with Crippen molar-refractivity contribution in [3.63, 3.8) is 0 Å². The molecular weight excluding hydrogens is 465 g/mol. The fourth-order valence-electron chi connectivity index (χ4n) is 3.68. The van der Waals surface area contributed by atoms with E-state index >= 15 is 0 Å². The molecule has 1 aromatic carbocycles. The number of aryl methyl sites for hydroxylation is 1. The highest BCUT2D eigenvalue weighted by molar-refractivity contribution is 7.20. The molecule has 0 saturated carbocycles. The van der Waals surface area contributed by atoms with Gasteiger partial charge >= 0.3 is 0 Å². The van der Waals surface area contributed by atoms with Crippen LogP contribution >= 0.6 is 22.9 Å². The number of carbonyl (C=O) groups is 1. The van der Waals surface area contributed by atoms with Crippen molar-refractivity contribution in [1.29, 1.82) is 0 Å². The van der Waals surface area contributed by atoms with E-state index in [9.17, 15) is 9.18 Å². The molecule has 3 aromatic rings. The number of nitrogens with zero attached hydrogens (tertiary/aromatic N) is 2. The van der Waals surface area contributed by atoms with E-state index in [2.05, 4.69) is 25.9 Å². The normalized spacial score (nSPS) is 16.6. The first-order valence-electron chi connectivity index (χ1n) is 10.9. The van der Waals surface area contributed by atoms with Crippen LogP contribution in [0.4, 0.5) is 15.9 Å². The van der Waals surface area contributed by atoms with Crippen LogP contribution < -0.4 is 20.7 Å². The van der Waals surface area contributed by atoms with Crippen LogP contribution in [0.3, 0.4) is 0 Å². The molecule has 1 aliphatic rings. The minimum Gasteiger partial charge on any atom is -0.487 e. The molecule has 1 atom stereocenters. The van der Waals surface area contributed by atoms with E-state index in [0.717, 1.165) is 36.9 Å². The van der Waals surface area contributed by atoms with Crippen molar-refractivity contribution in [1.82, 2.24) is 20.6 Å². The number of hydrogen-bond donors (Lipinski definition) is 3. The summed E-state index contributed by atoms with van der Waals surface area (Å²) in [5.41, 5.74) is 1.37. The molecule has 3 heterocycles. The first kappa shape index (κ1) is 23.7. The number of thiophene rings is 1. The van der Waals surface area contributed by atoms with E-state index in [-0.39, 0.29) is 17.8 Å². The van der Waals surface area contributed by atoms with Gasteiger partial charge in [0.05, 0.1) is 20.8 Å². The highest BCUT2D eigenvalue weighted by Crippen LogP contribution is 2.37. The van der Waals surface area contributed by atoms with Crippen molar-refractivity contribution in [3.8, 4) is 5.75 Å². The van der Waals surface area contributed by atoms with Gasteiger partial charge in [-0.05, 0) is 57.9 Å². The zero-order valence-corrected chi connectivity index (χ0v) is 20.4. The van der Waals surface area contributed by atoms with Gasteiger partial charge in [-0.1, -0.05) is 0 Å². The molecule has 4 rings (SSSR count). The number of carbonyl (C=O) groups excluding carboxylic acids is 1. The van der Waals surface area contributed by atoms with Crippen LogP contribution in [0.5, 0.6) is 5.75 Å². The maximum Gasteiger partial charge on any atom is 0.261 e. The fourth-order valence-corrected chi connectivity index (χ4v) is 4.81. The second-order valence-corrected chi connectivity index (χ2v) is 10.7. The van der Waals surface area contributed by atoms with Gasteiger partial charge in [0.15, 0.2) is 0 Å². The maximum absolute atomic E-state index is 14.0. The first-order valence-corrected chi connectivity index (χ1v) is 12.1. The number of halogens is 2. The summed E-state index contributed by atoms with van der Waals surface area (Å²) in [6, 6.07) is 4.38. The van der Waals surface area contributed by atoms with E-state index in [1.807, 2.05) is 20.8 Å². The molecule has 10 heteroatoms. The van der Waals surface area contributed by atoms with Gasteiger partial charge in [-0.2, -0.15) is 0 Å². The fraction of sp³-hybridized carbons (Fsp3) is 0.435. The van der Waals surface area contributed by atoms with Crippen LogP contribution in [0, 0.1) is 12.7 Å². The molecule has 1 unspecified atom stereocenters. The number of piperidine rings is 1. The van der Waals surface area contributed by atoms with E-state index < -0.39 is 4.87 Å². The summed E-state index contributed by atoms with van der Waals surface area (Å²) in [6.07, 6.45) is 3.33. The van der Waals surface area contributed by atoms with Gasteiger partial charge in [0.1, 0.15) is 34.6 Å². The third kappa shape index (κ3) is 5.72. The molecule has 0 aliphatic carbocycles. The lowest BCUT2D eigenvalue weighted by Gasteiger charge is -2.25. The summed E-state index contributed by atoms with van der Waals surface area (Å²) < 4.78 is 20.1. The number of ether oxygens (including phenoxy) is 1. The molecule has 0 bridgehead atoms. The zero-order chi connectivity index (χ0) is 23.6. The predicted octanol–water partition coefficient (Wildman–Crippen LogP) is 4.76. The number of amides is 1. The van der Waals surface area contributed by atoms with E-state index in [4.69, 9.17) is 16.3 Å². The molecule has 1 fully saturated rings. The standard InChI is InChI=1S/C23H27ClFN5O2S/c1-13-18-20(28-12-29-22(18)33-19(13)21(31)27-11-23(2,3)24)30-16-7-6-14(25)9-17(16)32-15-5-4-8-26-10-15/h6-7,9,12,15,26H,4-5,8,10-11H2,1-3H3,(H,27,31)(H,28,29,30). The van der Waals surface area contributed by atoms with Crippen molar-refractivity contribution in [2.75, 3.05) is 25.0 Å². The highest BCUT2D eigenvalue weighted by atomic mass is 35.5. The Bertz CT molecular complexity index is 1160. The van der Waals surface area contributed by atoms with Crippen LogP contribution in [0.1, 0.15) is 41.9 Å². The summed E-state index contributed by atoms with van der Waals surface area (Å²) in [6.45, 7) is 7.56. The molecular formula is C23H27ClFN5O2S. The van der Waals surface area contributed by atoms with E-state index in [1.165, 1.54) is 29.8 Å². The zero-order valence-electron chi connectivity index (χ0n) is 18.8. The number of benzene rings is 1. The average Bonchev–Trinajstić information content (AvgIpc) is 3.12. The number of hydrogen-bond acceptors (Lipinski definition) is 7. The lowest BCUT2D eigenvalue weighted by Crippen LogP contribution is -2.37. The smallest absolute Gasteiger partial charge is 0.261 e. The maximum atomic E-state index is 14.0. The summed E-state index contributed by atoms with van der Waals surface area (Å²) >= 11 is 7.50. The van der Waals surface area contributed by atoms with Crippen LogP contribution in [-0.2, 0) is 0 Å². The van der Waals surface area contributed by atoms with Gasteiger partial charge in [0.2, 0.25) is 0 Å². The molecule has 7 nitrogen and oxygen atoms in total. The summed E-state index contributed by atoms with van der Waals surface area (Å²) in [5.74, 6) is 0.375. The second-order valence-electron chi connectivity index (χ2n) is 8.71. The Balaban J connectivity index is 1.63. The number of anilines is 2. The van der Waals surface area contributed by atoms with E-state index in [1.54, 1.807) is 6.07 Å². The third-order valence-electron chi connectivity index (χ3n) is 5.34. The van der Waals surface area contributed by atoms with Crippen LogP contribution in [0.15, 0.2) is 24.5 Å². The van der Waals surface area contributed by atoms with Gasteiger partial charge in [-0.3, -0.25) is 4.79 Å². The number of alkyl halides is 1. The quantitative estimate of drug-likeness (QED) is 0.413. The minimum absolute atomic E-state index is 0.0316. The van der Waals surface area contributed by atoms with Crippen LogP contribution in [-0.4, -0.2) is 46.5 Å². The van der Waals surface area contributed by atoms with Crippen molar-refractivity contribution in [2.45, 2.75) is 44.6 Å². The van der Waals surface area contributed by atoms with E-state index in [0.29, 0.717) is 33.5 Å². The first-order chi connectivity index (χ1) is 15.7. The molecule has 33 heavy (non-hydrogen) atoms. The summed E-state index contributed by atoms with van der Waals surface area (Å²) in [5, 5.41) is 10.2. The SMILES string of the molecule is Cc1c(C(=O)NCC(C)(C)Cl)sc2ncnc(Nc3ccc(F)cc3OC3CCCNC3)c12. The highest BCUT2D eigenvalue weighted by Gasteiger charge is 2.23. The number of aromatic nitrogens is 2. The molecule has 1 saturated heterocycles. The number of rotatable bonds is 7. The summed E-state index contributed by atoms with van der Waals surface area (Å²) in [4.78, 5) is 22.2.